The predicted molar refractivity (Wildman–Crippen MR) is 54.4 cm³/mol. The van der Waals surface area contributed by atoms with Crippen molar-refractivity contribution >= 4 is 6.03 Å². The van der Waals surface area contributed by atoms with Crippen molar-refractivity contribution in [1.29, 1.82) is 0 Å². The molecular weight excluding hydrogens is 240 g/mol. The van der Waals surface area contributed by atoms with Gasteiger partial charge in [-0.1, -0.05) is 19.3 Å². The van der Waals surface area contributed by atoms with Crippen molar-refractivity contribution in [1.82, 2.24) is 10.6 Å². The van der Waals surface area contributed by atoms with Gasteiger partial charge in [0.2, 0.25) is 0 Å². The second kappa shape index (κ2) is 6.07. The van der Waals surface area contributed by atoms with E-state index in [0.717, 1.165) is 32.1 Å². The predicted octanol–water partition coefficient (Wildman–Crippen LogP) is 2.52. The highest BCUT2D eigenvalue weighted by molar-refractivity contribution is 5.74. The lowest BCUT2D eigenvalue weighted by Gasteiger charge is -2.23. The van der Waals surface area contributed by atoms with Crippen LogP contribution in [0.5, 0.6) is 0 Å². The van der Waals surface area contributed by atoms with E-state index in [-0.39, 0.29) is 6.04 Å². The lowest BCUT2D eigenvalue weighted by molar-refractivity contribution is -0.123. The van der Waals surface area contributed by atoms with Gasteiger partial charge < -0.3 is 10.6 Å². The molecule has 0 aliphatic heterocycles. The Morgan fingerprint density at radius 3 is 2.35 bits per heavy atom. The maximum atomic E-state index is 12.5. The summed E-state index contributed by atoms with van der Waals surface area (Å²) in [5.74, 6) is -4.18. The van der Waals surface area contributed by atoms with Gasteiger partial charge in [-0.25, -0.2) is 13.6 Å². The molecule has 0 radical (unpaired) electrons. The Bertz CT molecular complexity index is 255. The molecule has 0 atom stereocenters. The van der Waals surface area contributed by atoms with Crippen LogP contribution in [-0.2, 0) is 0 Å². The molecule has 100 valence electrons. The van der Waals surface area contributed by atoms with Gasteiger partial charge in [-0.05, 0) is 12.8 Å². The van der Waals surface area contributed by atoms with Gasteiger partial charge in [-0.3, -0.25) is 0 Å². The highest BCUT2D eigenvalue weighted by Gasteiger charge is 2.40. The molecule has 1 aliphatic rings. The summed E-state index contributed by atoms with van der Waals surface area (Å²) in [6, 6.07) is -0.846. The Labute approximate surface area is 96.9 Å². The molecule has 1 saturated carbocycles. The minimum absolute atomic E-state index is 0.0380. The van der Waals surface area contributed by atoms with Crippen molar-refractivity contribution in [3.63, 3.8) is 0 Å². The molecule has 0 heterocycles. The third-order valence-electron chi connectivity index (χ3n) is 2.74. The zero-order valence-electron chi connectivity index (χ0n) is 9.32. The summed E-state index contributed by atoms with van der Waals surface area (Å²) >= 11 is 0. The van der Waals surface area contributed by atoms with Gasteiger partial charge in [-0.2, -0.15) is 8.78 Å². The summed E-state index contributed by atoms with van der Waals surface area (Å²) in [4.78, 5) is 11.2. The minimum atomic E-state index is -4.18. The molecule has 1 fully saturated rings. The van der Waals surface area contributed by atoms with E-state index in [1.54, 1.807) is 5.32 Å². The summed E-state index contributed by atoms with van der Waals surface area (Å²) in [7, 11) is 0. The maximum absolute atomic E-state index is 12.5. The molecule has 0 aromatic rings. The molecule has 1 rings (SSSR count). The van der Waals surface area contributed by atoms with Crippen LogP contribution in [0.25, 0.3) is 0 Å². The van der Waals surface area contributed by atoms with E-state index < -0.39 is 24.9 Å². The third-order valence-corrected chi connectivity index (χ3v) is 2.74. The molecular formula is C10H16F4N2O. The van der Waals surface area contributed by atoms with E-state index in [9.17, 15) is 22.4 Å². The highest BCUT2D eigenvalue weighted by Crippen LogP contribution is 2.21. The van der Waals surface area contributed by atoms with Gasteiger partial charge in [0.15, 0.2) is 0 Å². The van der Waals surface area contributed by atoms with Crippen molar-refractivity contribution in [3.8, 4) is 0 Å². The van der Waals surface area contributed by atoms with Crippen LogP contribution in [0.4, 0.5) is 22.4 Å². The molecule has 17 heavy (non-hydrogen) atoms. The van der Waals surface area contributed by atoms with E-state index in [2.05, 4.69) is 5.32 Å². The Balaban J connectivity index is 2.25. The fourth-order valence-electron chi connectivity index (χ4n) is 1.76. The van der Waals surface area contributed by atoms with Gasteiger partial charge in [0.05, 0.1) is 6.54 Å². The summed E-state index contributed by atoms with van der Waals surface area (Å²) in [5.41, 5.74) is 0. The molecule has 0 spiro atoms. The van der Waals surface area contributed by atoms with E-state index in [0.29, 0.717) is 0 Å². The number of carbonyl (C=O) groups excluding carboxylic acids is 1. The Morgan fingerprint density at radius 1 is 1.24 bits per heavy atom. The van der Waals surface area contributed by atoms with Crippen LogP contribution in [0.15, 0.2) is 0 Å². The summed E-state index contributed by atoms with van der Waals surface area (Å²) < 4.78 is 48.6. The third kappa shape index (κ3) is 4.79. The van der Waals surface area contributed by atoms with Crippen molar-refractivity contribution in [3.05, 3.63) is 0 Å². The summed E-state index contributed by atoms with van der Waals surface area (Å²) in [5, 5.41) is 4.27. The zero-order valence-corrected chi connectivity index (χ0v) is 9.32. The van der Waals surface area contributed by atoms with Crippen molar-refractivity contribution in [2.45, 2.75) is 50.5 Å². The Kier molecular flexibility index (Phi) is 5.02. The van der Waals surface area contributed by atoms with E-state index in [4.69, 9.17) is 0 Å². The van der Waals surface area contributed by atoms with Gasteiger partial charge >= 0.3 is 18.4 Å². The van der Waals surface area contributed by atoms with E-state index >= 15 is 0 Å². The molecule has 1 aliphatic carbocycles. The first-order valence-corrected chi connectivity index (χ1v) is 5.62. The molecule has 0 aromatic heterocycles. The number of amides is 2. The van der Waals surface area contributed by atoms with Gasteiger partial charge in [-0.15, -0.1) is 0 Å². The van der Waals surface area contributed by atoms with Crippen LogP contribution in [0.3, 0.4) is 0 Å². The summed E-state index contributed by atoms with van der Waals surface area (Å²) in [6.45, 7) is -1.34. The second-order valence-corrected chi connectivity index (χ2v) is 4.22. The molecule has 0 unspecified atom stereocenters. The van der Waals surface area contributed by atoms with E-state index in [1.165, 1.54) is 0 Å². The van der Waals surface area contributed by atoms with Gasteiger partial charge in [0.25, 0.3) is 0 Å². The monoisotopic (exact) mass is 256 g/mol. The van der Waals surface area contributed by atoms with Crippen LogP contribution in [-0.4, -0.2) is 31.0 Å². The number of urea groups is 1. The largest absolute Gasteiger partial charge is 0.335 e. The molecule has 3 nitrogen and oxygen atoms in total. The van der Waals surface area contributed by atoms with Crippen molar-refractivity contribution in [2.24, 2.45) is 0 Å². The first-order valence-electron chi connectivity index (χ1n) is 5.62. The number of nitrogens with one attached hydrogen (secondary N) is 2. The molecule has 2 N–H and O–H groups in total. The number of carbonyl (C=O) groups is 1. The van der Waals surface area contributed by atoms with Gasteiger partial charge in [0.1, 0.15) is 0 Å². The Hall–Kier alpha value is -1.01. The first kappa shape index (κ1) is 14.1. The van der Waals surface area contributed by atoms with Crippen LogP contribution in [0.2, 0.25) is 0 Å². The topological polar surface area (TPSA) is 41.1 Å². The lowest BCUT2D eigenvalue weighted by atomic mass is 9.96. The first-order chi connectivity index (χ1) is 7.92. The molecule has 7 heteroatoms. The fourth-order valence-corrected chi connectivity index (χ4v) is 1.76. The van der Waals surface area contributed by atoms with E-state index in [1.807, 2.05) is 0 Å². The quantitative estimate of drug-likeness (QED) is 0.745. The number of hydrogen-bond donors (Lipinski definition) is 2. The molecule has 0 saturated heterocycles. The van der Waals surface area contributed by atoms with Crippen LogP contribution < -0.4 is 10.6 Å². The Morgan fingerprint density at radius 2 is 1.82 bits per heavy atom. The highest BCUT2D eigenvalue weighted by atomic mass is 19.3. The number of rotatable bonds is 4. The number of halogens is 4. The lowest BCUT2D eigenvalue weighted by Crippen LogP contribution is -2.48. The normalized spacial score (nSPS) is 18.2. The fraction of sp³-hybridized carbons (Fsp3) is 0.900. The average molecular weight is 256 g/mol. The zero-order chi connectivity index (χ0) is 12.9. The van der Waals surface area contributed by atoms with Crippen LogP contribution >= 0.6 is 0 Å². The second-order valence-electron chi connectivity index (χ2n) is 4.22. The number of alkyl halides is 4. The SMILES string of the molecule is O=C(NCC(F)(F)C(F)F)NC1CCCCC1. The van der Waals surface area contributed by atoms with Crippen molar-refractivity contribution in [2.75, 3.05) is 6.54 Å². The minimum Gasteiger partial charge on any atom is -0.335 e. The van der Waals surface area contributed by atoms with Crippen LogP contribution in [0.1, 0.15) is 32.1 Å². The smallest absolute Gasteiger partial charge is 0.324 e. The average Bonchev–Trinajstić information content (AvgIpc) is 2.28. The molecule has 0 aromatic carbocycles. The molecule has 0 bridgehead atoms. The summed E-state index contributed by atoms with van der Waals surface area (Å²) in [6.07, 6.45) is 0.911. The maximum Gasteiger partial charge on any atom is 0.324 e. The number of hydrogen-bond acceptors (Lipinski definition) is 1. The van der Waals surface area contributed by atoms with Crippen LogP contribution in [0, 0.1) is 0 Å². The molecule has 2 amide bonds. The van der Waals surface area contributed by atoms with Crippen molar-refractivity contribution < 1.29 is 22.4 Å². The standard InChI is InChI=1S/C10H16F4N2O/c11-8(12)10(13,14)6-15-9(17)16-7-4-2-1-3-5-7/h7-8H,1-6H2,(H2,15,16,17). The van der Waals surface area contributed by atoms with Gasteiger partial charge in [0, 0.05) is 6.04 Å².